The molecule has 0 unspecified atom stereocenters. The molecule has 2 aromatic rings. The quantitative estimate of drug-likeness (QED) is 0.626. The average molecular weight is 344 g/mol. The van der Waals surface area contributed by atoms with Crippen LogP contribution in [0.3, 0.4) is 0 Å². The van der Waals surface area contributed by atoms with Crippen LogP contribution in [0.25, 0.3) is 0 Å². The van der Waals surface area contributed by atoms with Crippen molar-refractivity contribution in [1.29, 1.82) is 0 Å². The van der Waals surface area contributed by atoms with Crippen LogP contribution in [-0.4, -0.2) is 27.9 Å². The molecule has 6 heteroatoms. The summed E-state index contributed by atoms with van der Waals surface area (Å²) in [7, 11) is 0. The molecule has 2 aromatic carbocycles. The number of halogens is 1. The molecule has 0 aliphatic carbocycles. The van der Waals surface area contributed by atoms with Crippen LogP contribution in [0.5, 0.6) is 0 Å². The minimum absolute atomic E-state index is 0.0549. The highest BCUT2D eigenvalue weighted by Gasteiger charge is 2.28. The molecular formula is C17H14ClN3OS. The van der Waals surface area contributed by atoms with Crippen molar-refractivity contribution in [3.63, 3.8) is 0 Å². The Bertz CT molecular complexity index is 744. The van der Waals surface area contributed by atoms with Crippen LogP contribution in [0.4, 0.5) is 0 Å². The van der Waals surface area contributed by atoms with E-state index >= 15 is 0 Å². The Morgan fingerprint density at radius 2 is 1.87 bits per heavy atom. The molecule has 0 spiro atoms. The number of rotatable bonds is 4. The predicted molar refractivity (Wildman–Crippen MR) is 95.9 cm³/mol. The lowest BCUT2D eigenvalue weighted by Crippen LogP contribution is -2.28. The van der Waals surface area contributed by atoms with Crippen LogP contribution in [-0.2, 0) is 11.3 Å². The largest absolute Gasteiger partial charge is 0.285 e. The summed E-state index contributed by atoms with van der Waals surface area (Å²) in [5, 5.41) is 9.58. The molecule has 0 bridgehead atoms. The van der Waals surface area contributed by atoms with Gasteiger partial charge in [0, 0.05) is 5.02 Å². The van der Waals surface area contributed by atoms with E-state index in [1.807, 2.05) is 42.5 Å². The molecule has 1 fully saturated rings. The van der Waals surface area contributed by atoms with E-state index in [2.05, 4.69) is 10.2 Å². The molecule has 3 rings (SSSR count). The maximum absolute atomic E-state index is 12.0. The van der Waals surface area contributed by atoms with Crippen molar-refractivity contribution in [2.75, 3.05) is 5.75 Å². The van der Waals surface area contributed by atoms with Gasteiger partial charge in [0.05, 0.1) is 18.5 Å². The van der Waals surface area contributed by atoms with Crippen molar-refractivity contribution >= 4 is 40.7 Å². The fraction of sp³-hybridized carbons (Fsp3) is 0.118. The summed E-state index contributed by atoms with van der Waals surface area (Å²) in [5.74, 6) is 0.460. The molecule has 116 valence electrons. The van der Waals surface area contributed by atoms with Crippen molar-refractivity contribution in [3.05, 3.63) is 70.7 Å². The number of carbonyl (C=O) groups excluding carboxylic acids is 1. The third kappa shape index (κ3) is 4.21. The number of benzene rings is 2. The third-order valence-corrected chi connectivity index (χ3v) is 4.46. The van der Waals surface area contributed by atoms with E-state index in [9.17, 15) is 4.79 Å². The zero-order valence-electron chi connectivity index (χ0n) is 12.2. The minimum Gasteiger partial charge on any atom is -0.285 e. The summed E-state index contributed by atoms with van der Waals surface area (Å²) in [4.78, 5) is 13.7. The lowest BCUT2D eigenvalue weighted by atomic mass is 10.2. The summed E-state index contributed by atoms with van der Waals surface area (Å²) in [6.45, 7) is 0.516. The number of hydrogen-bond acceptors (Lipinski definition) is 4. The Morgan fingerprint density at radius 1 is 1.13 bits per heavy atom. The summed E-state index contributed by atoms with van der Waals surface area (Å²) < 4.78 is 0. The molecule has 1 amide bonds. The molecule has 23 heavy (non-hydrogen) atoms. The summed E-state index contributed by atoms with van der Waals surface area (Å²) in [5.41, 5.74) is 1.97. The van der Waals surface area contributed by atoms with E-state index < -0.39 is 0 Å². The van der Waals surface area contributed by atoms with E-state index in [4.69, 9.17) is 11.6 Å². The number of hydrogen-bond donors (Lipinski definition) is 0. The summed E-state index contributed by atoms with van der Waals surface area (Å²) in [6, 6.07) is 17.2. The number of carbonyl (C=O) groups is 1. The molecule has 1 aliphatic heterocycles. The standard InChI is InChI=1S/C17H14ClN3OS/c18-15-8-6-13(7-9-15)10-19-20-17-21(16(22)12-23-17)11-14-4-2-1-3-5-14/h1-10H,11-12H2/b19-10-,20-17+. The van der Waals surface area contributed by atoms with Crippen LogP contribution in [0.1, 0.15) is 11.1 Å². The molecule has 1 aliphatic rings. The molecule has 0 N–H and O–H groups in total. The zero-order valence-corrected chi connectivity index (χ0v) is 13.8. The first-order valence-electron chi connectivity index (χ1n) is 7.06. The van der Waals surface area contributed by atoms with Gasteiger partial charge >= 0.3 is 0 Å². The van der Waals surface area contributed by atoms with Gasteiger partial charge in [-0.25, -0.2) is 0 Å². The van der Waals surface area contributed by atoms with E-state index in [1.54, 1.807) is 23.2 Å². The van der Waals surface area contributed by atoms with Crippen LogP contribution < -0.4 is 0 Å². The predicted octanol–water partition coefficient (Wildman–Crippen LogP) is 3.81. The second-order valence-electron chi connectivity index (χ2n) is 4.93. The van der Waals surface area contributed by atoms with E-state index in [0.29, 0.717) is 22.5 Å². The smallest absolute Gasteiger partial charge is 0.239 e. The highest BCUT2D eigenvalue weighted by Crippen LogP contribution is 2.22. The van der Waals surface area contributed by atoms with Gasteiger partial charge in [-0.3, -0.25) is 9.69 Å². The Kier molecular flexibility index (Phi) is 5.10. The van der Waals surface area contributed by atoms with Crippen molar-refractivity contribution in [3.8, 4) is 0 Å². The summed E-state index contributed by atoms with van der Waals surface area (Å²) >= 11 is 7.25. The number of amides is 1. The van der Waals surface area contributed by atoms with Gasteiger partial charge in [0.15, 0.2) is 5.17 Å². The molecular weight excluding hydrogens is 330 g/mol. The van der Waals surface area contributed by atoms with Gasteiger partial charge in [-0.05, 0) is 23.3 Å². The highest BCUT2D eigenvalue weighted by molar-refractivity contribution is 8.15. The Labute approximate surface area is 143 Å². The maximum Gasteiger partial charge on any atom is 0.239 e. The molecule has 0 saturated carbocycles. The average Bonchev–Trinajstić information content (AvgIpc) is 2.91. The maximum atomic E-state index is 12.0. The fourth-order valence-corrected chi connectivity index (χ4v) is 3.05. The lowest BCUT2D eigenvalue weighted by molar-refractivity contribution is -0.124. The van der Waals surface area contributed by atoms with Gasteiger partial charge in [-0.2, -0.15) is 5.10 Å². The molecule has 0 aromatic heterocycles. The van der Waals surface area contributed by atoms with Crippen LogP contribution in [0.15, 0.2) is 64.8 Å². The van der Waals surface area contributed by atoms with Gasteiger partial charge in [0.2, 0.25) is 5.91 Å². The first kappa shape index (κ1) is 15.8. The fourth-order valence-electron chi connectivity index (χ4n) is 2.09. The topological polar surface area (TPSA) is 45.0 Å². The second kappa shape index (κ2) is 7.44. The Balaban J connectivity index is 1.72. The lowest BCUT2D eigenvalue weighted by Gasteiger charge is -2.14. The summed E-state index contributed by atoms with van der Waals surface area (Å²) in [6.07, 6.45) is 1.65. The van der Waals surface area contributed by atoms with Crippen molar-refractivity contribution in [2.45, 2.75) is 6.54 Å². The molecule has 4 nitrogen and oxygen atoms in total. The Morgan fingerprint density at radius 3 is 2.61 bits per heavy atom. The van der Waals surface area contributed by atoms with Crippen molar-refractivity contribution in [1.82, 2.24) is 4.90 Å². The van der Waals surface area contributed by atoms with Crippen molar-refractivity contribution < 1.29 is 4.79 Å². The van der Waals surface area contributed by atoms with Crippen LogP contribution in [0, 0.1) is 0 Å². The normalized spacial score (nSPS) is 16.7. The zero-order chi connectivity index (χ0) is 16.1. The monoisotopic (exact) mass is 343 g/mol. The number of amidine groups is 1. The minimum atomic E-state index is 0.0549. The molecule has 1 saturated heterocycles. The first-order valence-corrected chi connectivity index (χ1v) is 8.42. The number of nitrogens with zero attached hydrogens (tertiary/aromatic N) is 3. The SMILES string of the molecule is O=C1CS/C(=N/N=C\c2ccc(Cl)cc2)N1Cc1ccccc1. The van der Waals surface area contributed by atoms with Gasteiger partial charge < -0.3 is 0 Å². The Hall–Kier alpha value is -2.11. The first-order chi connectivity index (χ1) is 11.2. The van der Waals surface area contributed by atoms with Crippen molar-refractivity contribution in [2.24, 2.45) is 10.2 Å². The van der Waals surface area contributed by atoms with E-state index in [-0.39, 0.29) is 5.91 Å². The van der Waals surface area contributed by atoms with Crippen LogP contribution in [0.2, 0.25) is 5.02 Å². The van der Waals surface area contributed by atoms with Gasteiger partial charge in [-0.1, -0.05) is 65.8 Å². The van der Waals surface area contributed by atoms with Gasteiger partial charge in [0.1, 0.15) is 0 Å². The molecule has 1 heterocycles. The van der Waals surface area contributed by atoms with Gasteiger partial charge in [-0.15, -0.1) is 5.10 Å². The number of thioether (sulfide) groups is 1. The molecule has 0 atom stereocenters. The van der Waals surface area contributed by atoms with E-state index in [1.165, 1.54) is 11.8 Å². The third-order valence-electron chi connectivity index (χ3n) is 3.26. The van der Waals surface area contributed by atoms with Crippen LogP contribution >= 0.6 is 23.4 Å². The van der Waals surface area contributed by atoms with E-state index in [0.717, 1.165) is 11.1 Å². The highest BCUT2D eigenvalue weighted by atomic mass is 35.5. The second-order valence-corrected chi connectivity index (χ2v) is 6.31. The van der Waals surface area contributed by atoms with Gasteiger partial charge in [0.25, 0.3) is 0 Å². The molecule has 0 radical (unpaired) electrons.